The highest BCUT2D eigenvalue weighted by Gasteiger charge is 2.18. The van der Waals surface area contributed by atoms with Crippen LogP contribution in [0.3, 0.4) is 0 Å². The highest BCUT2D eigenvalue weighted by Crippen LogP contribution is 2.28. The second-order valence-corrected chi connectivity index (χ2v) is 9.34. The molecule has 1 N–H and O–H groups in total. The molecule has 0 spiro atoms. The summed E-state index contributed by atoms with van der Waals surface area (Å²) in [7, 11) is -3.41. The molecule has 1 amide bonds. The third kappa shape index (κ3) is 5.33. The first-order valence-corrected chi connectivity index (χ1v) is 11.2. The Hall–Kier alpha value is -2.91. The Kier molecular flexibility index (Phi) is 6.50. The van der Waals surface area contributed by atoms with Gasteiger partial charge in [-0.1, -0.05) is 18.2 Å². The van der Waals surface area contributed by atoms with Gasteiger partial charge in [0.1, 0.15) is 4.88 Å². The number of ether oxygens (including phenoxy) is 1. The van der Waals surface area contributed by atoms with Crippen LogP contribution >= 0.6 is 11.3 Å². The number of furan rings is 1. The maximum Gasteiger partial charge on any atom is 0.348 e. The van der Waals surface area contributed by atoms with Crippen molar-refractivity contribution in [2.45, 2.75) is 18.2 Å². The van der Waals surface area contributed by atoms with Gasteiger partial charge in [-0.05, 0) is 49.2 Å². The van der Waals surface area contributed by atoms with Crippen molar-refractivity contribution in [2.24, 2.45) is 0 Å². The van der Waals surface area contributed by atoms with E-state index in [0.29, 0.717) is 15.4 Å². The molecule has 0 unspecified atom stereocenters. The molecular formula is C20H19NO6S2. The van der Waals surface area contributed by atoms with Crippen molar-refractivity contribution < 1.29 is 27.2 Å². The second-order valence-electron chi connectivity index (χ2n) is 6.18. The molecule has 29 heavy (non-hydrogen) atoms. The third-order valence-corrected chi connectivity index (χ3v) is 6.93. The van der Waals surface area contributed by atoms with E-state index in [1.54, 1.807) is 37.3 Å². The number of nitrogens with one attached hydrogen (secondary N) is 1. The quantitative estimate of drug-likeness (QED) is 0.427. The maximum absolute atomic E-state index is 12.3. The van der Waals surface area contributed by atoms with Crippen molar-refractivity contribution in [3.8, 4) is 0 Å². The van der Waals surface area contributed by atoms with Crippen LogP contribution in [-0.4, -0.2) is 32.7 Å². The number of carbonyl (C=O) groups is 2. The molecule has 2 heterocycles. The van der Waals surface area contributed by atoms with Gasteiger partial charge in [0.15, 0.2) is 15.6 Å². The Bertz CT molecular complexity index is 1090. The van der Waals surface area contributed by atoms with Crippen molar-refractivity contribution in [1.29, 1.82) is 0 Å². The minimum absolute atomic E-state index is 0.0175. The standard InChI is InChI=1S/C20H19NO6S2/c1-14-13-17(21-19(22)16-9-5-10-26-16)28-18(14)20(23)27-11-6-12-29(24,25)15-7-3-2-4-8-15/h2-5,7-10,13H,6,11-12H2,1H3,(H,21,22). The van der Waals surface area contributed by atoms with Gasteiger partial charge in [0.2, 0.25) is 0 Å². The van der Waals surface area contributed by atoms with Crippen LogP contribution in [0.25, 0.3) is 0 Å². The molecule has 9 heteroatoms. The highest BCUT2D eigenvalue weighted by atomic mass is 32.2. The molecule has 1 aromatic carbocycles. The molecule has 0 bridgehead atoms. The van der Waals surface area contributed by atoms with Crippen molar-refractivity contribution in [2.75, 3.05) is 17.7 Å². The molecule has 0 saturated carbocycles. The van der Waals surface area contributed by atoms with E-state index in [9.17, 15) is 18.0 Å². The maximum atomic E-state index is 12.3. The third-order valence-electron chi connectivity index (χ3n) is 3.98. The molecule has 0 fully saturated rings. The molecule has 0 aliphatic heterocycles. The average Bonchev–Trinajstić information content (AvgIpc) is 3.36. The Morgan fingerprint density at radius 3 is 2.59 bits per heavy atom. The molecule has 0 radical (unpaired) electrons. The van der Waals surface area contributed by atoms with E-state index in [1.807, 2.05) is 0 Å². The summed E-state index contributed by atoms with van der Waals surface area (Å²) in [5, 5.41) is 3.15. The molecular weight excluding hydrogens is 414 g/mol. The van der Waals surface area contributed by atoms with Crippen LogP contribution in [0.5, 0.6) is 0 Å². The number of hydrogen-bond acceptors (Lipinski definition) is 7. The van der Waals surface area contributed by atoms with Gasteiger partial charge in [0.05, 0.1) is 28.5 Å². The molecule has 0 aliphatic carbocycles. The zero-order chi connectivity index (χ0) is 20.9. The molecule has 7 nitrogen and oxygen atoms in total. The average molecular weight is 434 g/mol. The first-order chi connectivity index (χ1) is 13.9. The van der Waals surface area contributed by atoms with Gasteiger partial charge < -0.3 is 14.5 Å². The van der Waals surface area contributed by atoms with E-state index in [2.05, 4.69) is 5.32 Å². The van der Waals surface area contributed by atoms with Crippen LogP contribution in [-0.2, 0) is 14.6 Å². The summed E-state index contributed by atoms with van der Waals surface area (Å²) in [5.41, 5.74) is 0.659. The zero-order valence-corrected chi connectivity index (χ0v) is 17.2. The number of amides is 1. The number of benzene rings is 1. The van der Waals surface area contributed by atoms with Gasteiger partial charge in [-0.2, -0.15) is 0 Å². The Balaban J connectivity index is 1.52. The van der Waals surface area contributed by atoms with Crippen LogP contribution in [0, 0.1) is 6.92 Å². The van der Waals surface area contributed by atoms with Gasteiger partial charge >= 0.3 is 5.97 Å². The monoisotopic (exact) mass is 433 g/mol. The lowest BCUT2D eigenvalue weighted by Gasteiger charge is -2.06. The molecule has 2 aromatic heterocycles. The molecule has 0 atom stereocenters. The Labute approximate surface area is 172 Å². The van der Waals surface area contributed by atoms with Gasteiger partial charge in [-0.25, -0.2) is 13.2 Å². The van der Waals surface area contributed by atoms with E-state index < -0.39 is 21.7 Å². The number of carbonyl (C=O) groups excluding carboxylic acids is 2. The summed E-state index contributed by atoms with van der Waals surface area (Å²) < 4.78 is 34.7. The lowest BCUT2D eigenvalue weighted by molar-refractivity contribution is 0.0510. The van der Waals surface area contributed by atoms with Gasteiger partial charge in [0, 0.05) is 0 Å². The number of sulfone groups is 1. The Morgan fingerprint density at radius 2 is 1.90 bits per heavy atom. The van der Waals surface area contributed by atoms with Crippen molar-refractivity contribution in [3.05, 3.63) is 71.0 Å². The highest BCUT2D eigenvalue weighted by molar-refractivity contribution is 7.91. The number of esters is 1. The van der Waals surface area contributed by atoms with Gasteiger partial charge in [-0.3, -0.25) is 4.79 Å². The summed E-state index contributed by atoms with van der Waals surface area (Å²) in [6.45, 7) is 1.71. The topological polar surface area (TPSA) is 103 Å². The normalized spacial score (nSPS) is 11.2. The van der Waals surface area contributed by atoms with E-state index in [1.165, 1.54) is 24.5 Å². The fourth-order valence-electron chi connectivity index (χ4n) is 2.55. The van der Waals surface area contributed by atoms with Crippen molar-refractivity contribution >= 4 is 38.1 Å². The number of hydrogen-bond donors (Lipinski definition) is 1. The summed E-state index contributed by atoms with van der Waals surface area (Å²) in [6, 6.07) is 13.0. The van der Waals surface area contributed by atoms with E-state index in [4.69, 9.17) is 9.15 Å². The van der Waals surface area contributed by atoms with E-state index in [0.717, 1.165) is 11.3 Å². The summed E-state index contributed by atoms with van der Waals surface area (Å²) in [5.74, 6) is -0.914. The lowest BCUT2D eigenvalue weighted by atomic mass is 10.3. The first kappa shape index (κ1) is 20.8. The number of thiophene rings is 1. The minimum Gasteiger partial charge on any atom is -0.461 e. The van der Waals surface area contributed by atoms with Crippen molar-refractivity contribution in [1.82, 2.24) is 0 Å². The molecule has 152 valence electrons. The van der Waals surface area contributed by atoms with Crippen LogP contribution in [0.2, 0.25) is 0 Å². The molecule has 3 aromatic rings. The van der Waals surface area contributed by atoms with E-state index in [-0.39, 0.29) is 29.4 Å². The van der Waals surface area contributed by atoms with Crippen LogP contribution in [0.4, 0.5) is 5.00 Å². The smallest absolute Gasteiger partial charge is 0.348 e. The fourth-order valence-corrected chi connectivity index (χ4v) is 4.82. The van der Waals surface area contributed by atoms with E-state index >= 15 is 0 Å². The van der Waals surface area contributed by atoms with Crippen LogP contribution in [0.15, 0.2) is 64.1 Å². The SMILES string of the molecule is Cc1cc(NC(=O)c2ccco2)sc1C(=O)OCCCS(=O)(=O)c1ccccc1. The molecule has 0 saturated heterocycles. The van der Waals surface area contributed by atoms with Gasteiger partial charge in [-0.15, -0.1) is 11.3 Å². The minimum atomic E-state index is -3.41. The summed E-state index contributed by atoms with van der Waals surface area (Å²) in [6.07, 6.45) is 1.59. The molecule has 0 aliphatic rings. The predicted octanol–water partition coefficient (Wildman–Crippen LogP) is 3.92. The number of rotatable bonds is 8. The number of anilines is 1. The predicted molar refractivity (Wildman–Crippen MR) is 109 cm³/mol. The van der Waals surface area contributed by atoms with Gasteiger partial charge in [0.25, 0.3) is 5.91 Å². The van der Waals surface area contributed by atoms with Crippen molar-refractivity contribution in [3.63, 3.8) is 0 Å². The lowest BCUT2D eigenvalue weighted by Crippen LogP contribution is -2.12. The Morgan fingerprint density at radius 1 is 1.14 bits per heavy atom. The summed E-state index contributed by atoms with van der Waals surface area (Å²) in [4.78, 5) is 24.9. The first-order valence-electron chi connectivity index (χ1n) is 8.77. The zero-order valence-electron chi connectivity index (χ0n) is 15.6. The van der Waals surface area contributed by atoms with Crippen LogP contribution in [0.1, 0.15) is 32.2 Å². The second kappa shape index (κ2) is 9.06. The summed E-state index contributed by atoms with van der Waals surface area (Å²) >= 11 is 1.09. The molecule has 3 rings (SSSR count). The number of aryl methyl sites for hydroxylation is 1. The largest absolute Gasteiger partial charge is 0.461 e. The van der Waals surface area contributed by atoms with Crippen LogP contribution < -0.4 is 5.32 Å². The fraction of sp³-hybridized carbons (Fsp3) is 0.200.